The number of phenolic OH excluding ortho intramolecular Hbond substituents is 1. The van der Waals surface area contributed by atoms with E-state index in [0.29, 0.717) is 21.7 Å². The van der Waals surface area contributed by atoms with Crippen molar-refractivity contribution in [3.63, 3.8) is 0 Å². The van der Waals surface area contributed by atoms with E-state index in [-0.39, 0.29) is 12.4 Å². The third kappa shape index (κ3) is 3.58. The fraction of sp³-hybridized carbons (Fsp3) is 0.125. The van der Waals surface area contributed by atoms with Gasteiger partial charge in [0.25, 0.3) is 0 Å². The molecule has 21 heavy (non-hydrogen) atoms. The van der Waals surface area contributed by atoms with Crippen LogP contribution in [0.5, 0.6) is 11.5 Å². The number of thiocarbonyl (C=S) groups is 1. The Labute approximate surface area is 127 Å². The number of methoxy groups -OCH3 is 1. The van der Waals surface area contributed by atoms with Crippen LogP contribution in [-0.4, -0.2) is 29.7 Å². The van der Waals surface area contributed by atoms with Crippen molar-refractivity contribution in [1.82, 2.24) is 0 Å². The van der Waals surface area contributed by atoms with Gasteiger partial charge in [-0.3, -0.25) is 0 Å². The maximum Gasteiger partial charge on any atom is 0.338 e. The Morgan fingerprint density at radius 3 is 2.52 bits per heavy atom. The number of esters is 1. The fourth-order valence-electron chi connectivity index (χ4n) is 1.83. The Bertz CT molecular complexity index is 653. The zero-order valence-corrected chi connectivity index (χ0v) is 12.2. The largest absolute Gasteiger partial charge is 0.507 e. The lowest BCUT2D eigenvalue weighted by molar-refractivity contribution is 0.0565. The molecule has 2 aromatic rings. The topological polar surface area (TPSA) is 55.8 Å². The first-order chi connectivity index (χ1) is 10.1. The van der Waals surface area contributed by atoms with E-state index in [4.69, 9.17) is 21.7 Å². The standard InChI is InChI=1S/C16H14O4S/c1-19-13-9-5-8-12(17)15(13)14(21)10-20-16(18)11-6-3-2-4-7-11/h2-9,17H,10H2,1H3. The second kappa shape index (κ2) is 6.85. The van der Waals surface area contributed by atoms with Gasteiger partial charge in [-0.15, -0.1) is 0 Å². The molecule has 0 heterocycles. The van der Waals surface area contributed by atoms with Crippen LogP contribution in [0.15, 0.2) is 48.5 Å². The van der Waals surface area contributed by atoms with Crippen molar-refractivity contribution < 1.29 is 19.4 Å². The SMILES string of the molecule is COc1cccc(O)c1C(=S)COC(=O)c1ccccc1. The van der Waals surface area contributed by atoms with Gasteiger partial charge in [-0.1, -0.05) is 36.5 Å². The summed E-state index contributed by atoms with van der Waals surface area (Å²) in [5, 5.41) is 9.87. The smallest absolute Gasteiger partial charge is 0.338 e. The highest BCUT2D eigenvalue weighted by Gasteiger charge is 2.15. The molecule has 108 valence electrons. The van der Waals surface area contributed by atoms with Crippen molar-refractivity contribution in [2.24, 2.45) is 0 Å². The van der Waals surface area contributed by atoms with Crippen molar-refractivity contribution in [3.05, 3.63) is 59.7 Å². The first-order valence-corrected chi connectivity index (χ1v) is 6.65. The van der Waals surface area contributed by atoms with Crippen LogP contribution in [0.1, 0.15) is 15.9 Å². The van der Waals surface area contributed by atoms with Crippen molar-refractivity contribution in [2.75, 3.05) is 13.7 Å². The Morgan fingerprint density at radius 2 is 1.86 bits per heavy atom. The number of phenols is 1. The molecule has 2 aromatic carbocycles. The molecule has 1 N–H and O–H groups in total. The van der Waals surface area contributed by atoms with Crippen LogP contribution >= 0.6 is 12.2 Å². The van der Waals surface area contributed by atoms with Crippen molar-refractivity contribution >= 4 is 23.1 Å². The molecule has 0 atom stereocenters. The Balaban J connectivity index is 2.08. The number of benzene rings is 2. The molecular formula is C16H14O4S. The molecule has 0 saturated carbocycles. The minimum Gasteiger partial charge on any atom is -0.507 e. The van der Waals surface area contributed by atoms with E-state index in [1.165, 1.54) is 13.2 Å². The molecule has 5 heteroatoms. The fourth-order valence-corrected chi connectivity index (χ4v) is 2.09. The summed E-state index contributed by atoms with van der Waals surface area (Å²) in [7, 11) is 1.48. The van der Waals surface area contributed by atoms with E-state index < -0.39 is 5.97 Å². The summed E-state index contributed by atoms with van der Waals surface area (Å²) >= 11 is 5.21. The van der Waals surface area contributed by atoms with Crippen molar-refractivity contribution in [2.45, 2.75) is 0 Å². The van der Waals surface area contributed by atoms with E-state index in [0.717, 1.165) is 0 Å². The molecule has 0 aliphatic rings. The van der Waals surface area contributed by atoms with Crippen LogP contribution in [-0.2, 0) is 4.74 Å². The van der Waals surface area contributed by atoms with Gasteiger partial charge >= 0.3 is 5.97 Å². The van der Waals surface area contributed by atoms with Crippen LogP contribution in [0.25, 0.3) is 0 Å². The zero-order valence-electron chi connectivity index (χ0n) is 11.4. The minimum absolute atomic E-state index is 0.00453. The summed E-state index contributed by atoms with van der Waals surface area (Å²) in [4.78, 5) is 12.1. The van der Waals surface area contributed by atoms with Gasteiger partial charge in [-0.25, -0.2) is 4.79 Å². The minimum atomic E-state index is -0.465. The van der Waals surface area contributed by atoms with Gasteiger partial charge in [0.1, 0.15) is 18.1 Å². The maximum atomic E-state index is 11.8. The van der Waals surface area contributed by atoms with E-state index in [2.05, 4.69) is 0 Å². The van der Waals surface area contributed by atoms with Gasteiger partial charge in [0.2, 0.25) is 0 Å². The first-order valence-electron chi connectivity index (χ1n) is 6.25. The lowest BCUT2D eigenvalue weighted by Crippen LogP contribution is -2.14. The Kier molecular flexibility index (Phi) is 4.90. The molecule has 0 radical (unpaired) electrons. The lowest BCUT2D eigenvalue weighted by Gasteiger charge is -2.11. The van der Waals surface area contributed by atoms with Crippen LogP contribution in [0.4, 0.5) is 0 Å². The monoisotopic (exact) mass is 302 g/mol. The van der Waals surface area contributed by atoms with E-state index in [1.807, 2.05) is 6.07 Å². The third-order valence-electron chi connectivity index (χ3n) is 2.85. The normalized spacial score (nSPS) is 9.95. The molecule has 0 fully saturated rings. The molecule has 2 rings (SSSR count). The summed E-state index contributed by atoms with van der Waals surface area (Å²) in [5.74, 6) is -0.0294. The predicted molar refractivity (Wildman–Crippen MR) is 83.1 cm³/mol. The number of aromatic hydroxyl groups is 1. The average molecular weight is 302 g/mol. The molecule has 0 saturated heterocycles. The molecule has 0 aromatic heterocycles. The molecule has 0 bridgehead atoms. The Hall–Kier alpha value is -2.40. The van der Waals surface area contributed by atoms with Crippen LogP contribution < -0.4 is 4.74 Å². The predicted octanol–water partition coefficient (Wildman–Crippen LogP) is 2.98. The number of hydrogen-bond acceptors (Lipinski definition) is 5. The highest BCUT2D eigenvalue weighted by Crippen LogP contribution is 2.28. The van der Waals surface area contributed by atoms with Gasteiger partial charge < -0.3 is 14.6 Å². The second-order valence-corrected chi connectivity index (χ2v) is 4.71. The van der Waals surface area contributed by atoms with Gasteiger partial charge in [-0.05, 0) is 24.3 Å². The Morgan fingerprint density at radius 1 is 1.14 bits per heavy atom. The van der Waals surface area contributed by atoms with Gasteiger partial charge in [-0.2, -0.15) is 0 Å². The number of carbonyl (C=O) groups is 1. The average Bonchev–Trinajstić information content (AvgIpc) is 2.52. The molecule has 0 aliphatic heterocycles. The molecule has 0 aliphatic carbocycles. The van der Waals surface area contributed by atoms with Crippen LogP contribution in [0.3, 0.4) is 0 Å². The summed E-state index contributed by atoms with van der Waals surface area (Å²) in [6.45, 7) is -0.100. The van der Waals surface area contributed by atoms with Crippen molar-refractivity contribution in [1.29, 1.82) is 0 Å². The van der Waals surface area contributed by atoms with Gasteiger partial charge in [0, 0.05) is 0 Å². The number of hydrogen-bond donors (Lipinski definition) is 1. The number of ether oxygens (including phenoxy) is 2. The quantitative estimate of drug-likeness (QED) is 0.523. The van der Waals surface area contributed by atoms with Crippen LogP contribution in [0, 0.1) is 0 Å². The third-order valence-corrected chi connectivity index (χ3v) is 3.17. The number of rotatable bonds is 5. The van der Waals surface area contributed by atoms with Crippen molar-refractivity contribution in [3.8, 4) is 11.5 Å². The van der Waals surface area contributed by atoms with Gasteiger partial charge in [0.05, 0.1) is 23.1 Å². The number of carbonyl (C=O) groups excluding carboxylic acids is 1. The highest BCUT2D eigenvalue weighted by molar-refractivity contribution is 7.81. The lowest BCUT2D eigenvalue weighted by atomic mass is 10.1. The first kappa shape index (κ1) is 15.0. The molecular weight excluding hydrogens is 288 g/mol. The van der Waals surface area contributed by atoms with E-state index >= 15 is 0 Å². The summed E-state index contributed by atoms with van der Waals surface area (Å²) in [6.07, 6.45) is 0. The summed E-state index contributed by atoms with van der Waals surface area (Å²) in [6, 6.07) is 13.5. The van der Waals surface area contributed by atoms with E-state index in [1.54, 1.807) is 36.4 Å². The highest BCUT2D eigenvalue weighted by atomic mass is 32.1. The zero-order chi connectivity index (χ0) is 15.2. The molecule has 0 amide bonds. The maximum absolute atomic E-state index is 11.8. The molecule has 4 nitrogen and oxygen atoms in total. The van der Waals surface area contributed by atoms with Crippen LogP contribution in [0.2, 0.25) is 0 Å². The van der Waals surface area contributed by atoms with E-state index in [9.17, 15) is 9.90 Å². The molecule has 0 unspecified atom stereocenters. The summed E-state index contributed by atoms with van der Waals surface area (Å²) < 4.78 is 10.3. The summed E-state index contributed by atoms with van der Waals surface area (Å²) in [5.41, 5.74) is 0.820. The molecule has 0 spiro atoms. The second-order valence-electron chi connectivity index (χ2n) is 4.22. The van der Waals surface area contributed by atoms with Gasteiger partial charge in [0.15, 0.2) is 0 Å².